The third kappa shape index (κ3) is 5.96. The van der Waals surface area contributed by atoms with Crippen LogP contribution in [0.3, 0.4) is 0 Å². The molecule has 2 aromatic rings. The van der Waals surface area contributed by atoms with E-state index in [9.17, 15) is 4.79 Å². The summed E-state index contributed by atoms with van der Waals surface area (Å²) in [6.45, 7) is 6.57. The molecule has 1 heterocycles. The first kappa shape index (κ1) is 19.7. The van der Waals surface area contributed by atoms with Gasteiger partial charge in [-0.15, -0.1) is 0 Å². The van der Waals surface area contributed by atoms with E-state index in [1.54, 1.807) is 19.1 Å². The van der Waals surface area contributed by atoms with Crippen molar-refractivity contribution in [2.75, 3.05) is 26.3 Å². The van der Waals surface area contributed by atoms with Gasteiger partial charge >= 0.3 is 0 Å². The smallest absolute Gasteiger partial charge is 0.261 e. The lowest BCUT2D eigenvalue weighted by atomic mass is 10.1. The van der Waals surface area contributed by atoms with Gasteiger partial charge in [0.05, 0.1) is 18.2 Å². The number of para-hydroxylation sites is 1. The highest BCUT2D eigenvalue weighted by molar-refractivity contribution is 6.32. The number of rotatable bonds is 7. The monoisotopic (exact) mass is 388 g/mol. The van der Waals surface area contributed by atoms with E-state index in [1.165, 1.54) is 5.56 Å². The van der Waals surface area contributed by atoms with Crippen molar-refractivity contribution in [3.8, 4) is 5.75 Å². The van der Waals surface area contributed by atoms with E-state index in [2.05, 4.69) is 22.3 Å². The van der Waals surface area contributed by atoms with E-state index >= 15 is 0 Å². The molecule has 1 fully saturated rings. The fraction of sp³-hybridized carbons (Fsp3) is 0.381. The summed E-state index contributed by atoms with van der Waals surface area (Å²) in [5.74, 6) is 0.336. The third-order valence-electron chi connectivity index (χ3n) is 4.48. The molecule has 0 bridgehead atoms. The number of carbonyl (C=O) groups excluding carboxylic acids is 1. The lowest BCUT2D eigenvalue weighted by molar-refractivity contribution is -0.127. The number of nitrogens with zero attached hydrogens (tertiary/aromatic N) is 1. The van der Waals surface area contributed by atoms with Crippen LogP contribution < -0.4 is 10.1 Å². The standard InChI is InChI=1S/C21H25ClN2O3/c1-16(27-20-8-3-2-7-19(20)22)21(25)23-14-17-5-4-6-18(13-17)15-24-9-11-26-12-10-24/h2-8,13,16H,9-12,14-15H2,1H3,(H,23,25). The molecule has 1 unspecified atom stereocenters. The molecule has 1 amide bonds. The molecule has 6 heteroatoms. The predicted molar refractivity (Wildman–Crippen MR) is 106 cm³/mol. The number of benzene rings is 2. The van der Waals surface area contributed by atoms with Crippen LogP contribution in [0.5, 0.6) is 5.75 Å². The van der Waals surface area contributed by atoms with Gasteiger partial charge in [0.15, 0.2) is 6.10 Å². The molecule has 5 nitrogen and oxygen atoms in total. The highest BCUT2D eigenvalue weighted by Crippen LogP contribution is 2.24. The van der Waals surface area contributed by atoms with Gasteiger partial charge in [0.1, 0.15) is 5.75 Å². The average molecular weight is 389 g/mol. The second-order valence-electron chi connectivity index (χ2n) is 6.62. The van der Waals surface area contributed by atoms with E-state index < -0.39 is 6.10 Å². The van der Waals surface area contributed by atoms with Gasteiger partial charge < -0.3 is 14.8 Å². The number of hydrogen-bond acceptors (Lipinski definition) is 4. The van der Waals surface area contributed by atoms with Crippen molar-refractivity contribution < 1.29 is 14.3 Å². The predicted octanol–water partition coefficient (Wildman–Crippen LogP) is 3.26. The maximum atomic E-state index is 12.3. The molecule has 27 heavy (non-hydrogen) atoms. The Labute approximate surface area is 165 Å². The van der Waals surface area contributed by atoms with E-state index in [1.807, 2.05) is 24.3 Å². The minimum Gasteiger partial charge on any atom is -0.479 e. The highest BCUT2D eigenvalue weighted by atomic mass is 35.5. The van der Waals surface area contributed by atoms with Crippen molar-refractivity contribution in [3.63, 3.8) is 0 Å². The molecule has 1 aliphatic rings. The average Bonchev–Trinajstić information content (AvgIpc) is 2.69. The molecule has 1 saturated heterocycles. The molecule has 0 spiro atoms. The Balaban J connectivity index is 1.50. The number of carbonyl (C=O) groups is 1. The Hall–Kier alpha value is -2.08. The first-order valence-corrected chi connectivity index (χ1v) is 9.56. The second kappa shape index (κ2) is 9.74. The minimum atomic E-state index is -0.624. The van der Waals surface area contributed by atoms with Crippen molar-refractivity contribution in [2.24, 2.45) is 0 Å². The fourth-order valence-corrected chi connectivity index (χ4v) is 3.15. The van der Waals surface area contributed by atoms with Gasteiger partial charge in [0.2, 0.25) is 0 Å². The maximum absolute atomic E-state index is 12.3. The molecule has 0 saturated carbocycles. The van der Waals surface area contributed by atoms with Gasteiger partial charge in [-0.2, -0.15) is 0 Å². The zero-order valence-electron chi connectivity index (χ0n) is 15.5. The number of nitrogens with one attached hydrogen (secondary N) is 1. The summed E-state index contributed by atoms with van der Waals surface area (Å²) < 4.78 is 11.0. The molecule has 3 rings (SSSR count). The quantitative estimate of drug-likeness (QED) is 0.791. The summed E-state index contributed by atoms with van der Waals surface area (Å²) in [6, 6.07) is 15.4. The molecular weight excluding hydrogens is 364 g/mol. The van der Waals surface area contributed by atoms with E-state index in [-0.39, 0.29) is 5.91 Å². The Bertz CT molecular complexity index is 763. The Morgan fingerprint density at radius 2 is 1.93 bits per heavy atom. The second-order valence-corrected chi connectivity index (χ2v) is 7.02. The number of halogens is 1. The maximum Gasteiger partial charge on any atom is 0.261 e. The van der Waals surface area contributed by atoms with Crippen molar-refractivity contribution in [2.45, 2.75) is 26.1 Å². The van der Waals surface area contributed by atoms with E-state index in [0.717, 1.165) is 38.4 Å². The molecule has 144 valence electrons. The van der Waals surface area contributed by atoms with Gasteiger partial charge in [0.25, 0.3) is 5.91 Å². The van der Waals surface area contributed by atoms with Crippen LogP contribution in [0.4, 0.5) is 0 Å². The summed E-state index contributed by atoms with van der Waals surface area (Å²) >= 11 is 6.07. The lowest BCUT2D eigenvalue weighted by Crippen LogP contribution is -2.36. The van der Waals surface area contributed by atoms with Crippen LogP contribution in [-0.2, 0) is 22.6 Å². The highest BCUT2D eigenvalue weighted by Gasteiger charge is 2.16. The third-order valence-corrected chi connectivity index (χ3v) is 4.79. The van der Waals surface area contributed by atoms with Crippen molar-refractivity contribution in [3.05, 3.63) is 64.7 Å². The molecule has 1 aliphatic heterocycles. The zero-order valence-corrected chi connectivity index (χ0v) is 16.2. The van der Waals surface area contributed by atoms with Crippen molar-refractivity contribution >= 4 is 17.5 Å². The zero-order chi connectivity index (χ0) is 19.1. The van der Waals surface area contributed by atoms with Gasteiger partial charge in [-0.3, -0.25) is 9.69 Å². The Morgan fingerprint density at radius 1 is 1.19 bits per heavy atom. The van der Waals surface area contributed by atoms with Crippen molar-refractivity contribution in [1.29, 1.82) is 0 Å². The van der Waals surface area contributed by atoms with Gasteiger partial charge in [0, 0.05) is 26.2 Å². The van der Waals surface area contributed by atoms with Crippen LogP contribution in [0.15, 0.2) is 48.5 Å². The lowest BCUT2D eigenvalue weighted by Gasteiger charge is -2.26. The summed E-state index contributed by atoms with van der Waals surface area (Å²) in [7, 11) is 0. The summed E-state index contributed by atoms with van der Waals surface area (Å²) in [5.41, 5.74) is 2.31. The summed E-state index contributed by atoms with van der Waals surface area (Å²) in [6.07, 6.45) is -0.624. The van der Waals surface area contributed by atoms with Gasteiger partial charge in [-0.1, -0.05) is 48.0 Å². The Kier molecular flexibility index (Phi) is 7.10. The number of amides is 1. The van der Waals surface area contributed by atoms with Crippen molar-refractivity contribution in [1.82, 2.24) is 10.2 Å². The number of ether oxygens (including phenoxy) is 2. The van der Waals surface area contributed by atoms with Crippen LogP contribution in [-0.4, -0.2) is 43.2 Å². The van der Waals surface area contributed by atoms with Crippen LogP contribution in [0.2, 0.25) is 5.02 Å². The van der Waals surface area contributed by atoms with Crippen LogP contribution in [0.1, 0.15) is 18.1 Å². The SMILES string of the molecule is CC(Oc1ccccc1Cl)C(=O)NCc1cccc(CN2CCOCC2)c1. The topological polar surface area (TPSA) is 50.8 Å². The van der Waals surface area contributed by atoms with E-state index in [4.69, 9.17) is 21.1 Å². The number of hydrogen-bond donors (Lipinski definition) is 1. The Morgan fingerprint density at radius 3 is 2.70 bits per heavy atom. The summed E-state index contributed by atoms with van der Waals surface area (Å²) in [5, 5.41) is 3.42. The molecular formula is C21H25ClN2O3. The molecule has 2 aromatic carbocycles. The number of morpholine rings is 1. The molecule has 0 aliphatic carbocycles. The summed E-state index contributed by atoms with van der Waals surface area (Å²) in [4.78, 5) is 14.7. The van der Waals surface area contributed by atoms with Gasteiger partial charge in [-0.05, 0) is 30.2 Å². The normalized spacial score (nSPS) is 15.9. The molecule has 1 atom stereocenters. The first-order valence-electron chi connectivity index (χ1n) is 9.18. The molecule has 1 N–H and O–H groups in total. The fourth-order valence-electron chi connectivity index (χ4n) is 2.97. The first-order chi connectivity index (χ1) is 13.1. The van der Waals surface area contributed by atoms with Crippen LogP contribution in [0.25, 0.3) is 0 Å². The largest absolute Gasteiger partial charge is 0.479 e. The van der Waals surface area contributed by atoms with Gasteiger partial charge in [-0.25, -0.2) is 0 Å². The van der Waals surface area contributed by atoms with Crippen LogP contribution >= 0.6 is 11.6 Å². The molecule has 0 aromatic heterocycles. The van der Waals surface area contributed by atoms with E-state index in [0.29, 0.717) is 17.3 Å². The molecule has 0 radical (unpaired) electrons. The minimum absolute atomic E-state index is 0.173. The van der Waals surface area contributed by atoms with Crippen LogP contribution in [0, 0.1) is 0 Å².